The molecule has 2 rings (SSSR count). The van der Waals surface area contributed by atoms with Crippen molar-refractivity contribution in [3.63, 3.8) is 0 Å². The summed E-state index contributed by atoms with van der Waals surface area (Å²) < 4.78 is 13.4. The second-order valence-corrected chi connectivity index (χ2v) is 5.37. The minimum Gasteiger partial charge on any atom is -0.384 e. The largest absolute Gasteiger partial charge is 0.384 e. The van der Waals surface area contributed by atoms with Crippen molar-refractivity contribution in [1.82, 2.24) is 5.32 Å². The molecule has 4 heteroatoms. The maximum absolute atomic E-state index is 13.4. The van der Waals surface area contributed by atoms with Crippen LogP contribution in [-0.4, -0.2) is 23.2 Å². The number of hydrogen-bond acceptors (Lipinski definition) is 2. The van der Waals surface area contributed by atoms with E-state index in [2.05, 4.69) is 17.2 Å². The van der Waals surface area contributed by atoms with Crippen LogP contribution in [0.3, 0.4) is 0 Å². The van der Waals surface area contributed by atoms with Gasteiger partial charge in [0.1, 0.15) is 12.4 Å². The topological polar surface area (TPSA) is 49.3 Å². The van der Waals surface area contributed by atoms with Gasteiger partial charge in [-0.3, -0.25) is 4.79 Å². The zero-order valence-corrected chi connectivity index (χ0v) is 11.5. The first-order valence-electron chi connectivity index (χ1n) is 6.76. The van der Waals surface area contributed by atoms with Gasteiger partial charge in [-0.15, -0.1) is 0 Å². The predicted octanol–water partition coefficient (Wildman–Crippen LogP) is 2.23. The molecule has 0 aromatic heterocycles. The smallest absolute Gasteiger partial charge is 0.253 e. The molecule has 2 N–H and O–H groups in total. The summed E-state index contributed by atoms with van der Waals surface area (Å²) in [5, 5.41) is 11.7. The van der Waals surface area contributed by atoms with Gasteiger partial charge in [-0.1, -0.05) is 24.7 Å². The zero-order valence-electron chi connectivity index (χ0n) is 11.5. The third-order valence-corrected chi connectivity index (χ3v) is 3.65. The maximum Gasteiger partial charge on any atom is 0.253 e. The van der Waals surface area contributed by atoms with Crippen LogP contribution in [0.25, 0.3) is 0 Å². The number of carbonyl (C=O) groups is 1. The van der Waals surface area contributed by atoms with E-state index in [4.69, 9.17) is 5.11 Å². The van der Waals surface area contributed by atoms with Gasteiger partial charge in [0.2, 0.25) is 0 Å². The fourth-order valence-corrected chi connectivity index (χ4v) is 2.57. The number of rotatable bonds is 2. The Morgan fingerprint density at radius 2 is 2.15 bits per heavy atom. The van der Waals surface area contributed by atoms with E-state index in [0.717, 1.165) is 25.7 Å². The zero-order chi connectivity index (χ0) is 14.6. The van der Waals surface area contributed by atoms with Crippen LogP contribution in [0.4, 0.5) is 4.39 Å². The summed E-state index contributed by atoms with van der Waals surface area (Å²) in [7, 11) is 0. The molecule has 0 aliphatic heterocycles. The van der Waals surface area contributed by atoms with Crippen molar-refractivity contribution < 1.29 is 14.3 Å². The molecular weight excluding hydrogens is 257 g/mol. The van der Waals surface area contributed by atoms with Crippen molar-refractivity contribution in [2.75, 3.05) is 6.61 Å². The van der Waals surface area contributed by atoms with Gasteiger partial charge >= 0.3 is 0 Å². The molecule has 106 valence electrons. The summed E-state index contributed by atoms with van der Waals surface area (Å²) in [5.41, 5.74) is 0.434. The van der Waals surface area contributed by atoms with E-state index < -0.39 is 5.82 Å². The van der Waals surface area contributed by atoms with Crippen molar-refractivity contribution in [3.8, 4) is 11.8 Å². The first-order chi connectivity index (χ1) is 9.54. The van der Waals surface area contributed by atoms with Gasteiger partial charge in [0.25, 0.3) is 5.91 Å². The van der Waals surface area contributed by atoms with E-state index in [0.29, 0.717) is 5.56 Å². The van der Waals surface area contributed by atoms with Crippen molar-refractivity contribution in [3.05, 3.63) is 35.1 Å². The molecule has 1 aliphatic carbocycles. The fourth-order valence-electron chi connectivity index (χ4n) is 2.57. The molecular formula is C16H18FNO2. The lowest BCUT2D eigenvalue weighted by Crippen LogP contribution is -2.43. The summed E-state index contributed by atoms with van der Waals surface area (Å²) >= 11 is 0. The van der Waals surface area contributed by atoms with Gasteiger partial charge < -0.3 is 10.4 Å². The SMILES string of the molecule is CC1(NC(=O)c2cc(F)ccc2C#CCO)CCCC1. The average molecular weight is 275 g/mol. The van der Waals surface area contributed by atoms with E-state index in [1.165, 1.54) is 18.2 Å². The van der Waals surface area contributed by atoms with Gasteiger partial charge in [0.05, 0.1) is 5.56 Å². The Labute approximate surface area is 118 Å². The number of carbonyl (C=O) groups excluding carboxylic acids is 1. The molecule has 1 aromatic rings. The Bertz CT molecular complexity index is 566. The molecule has 3 nitrogen and oxygen atoms in total. The first kappa shape index (κ1) is 14.5. The van der Waals surface area contributed by atoms with Crippen molar-refractivity contribution in [2.24, 2.45) is 0 Å². The van der Waals surface area contributed by atoms with Crippen LogP contribution in [0.5, 0.6) is 0 Å². The third kappa shape index (κ3) is 3.37. The first-order valence-corrected chi connectivity index (χ1v) is 6.76. The Hall–Kier alpha value is -1.86. The molecule has 0 atom stereocenters. The molecule has 1 fully saturated rings. The lowest BCUT2D eigenvalue weighted by Gasteiger charge is -2.25. The highest BCUT2D eigenvalue weighted by atomic mass is 19.1. The normalized spacial score (nSPS) is 16.4. The van der Waals surface area contributed by atoms with Gasteiger partial charge in [-0.25, -0.2) is 4.39 Å². The van der Waals surface area contributed by atoms with Crippen LogP contribution in [0, 0.1) is 17.7 Å². The summed E-state index contributed by atoms with van der Waals surface area (Å²) in [6, 6.07) is 3.91. The molecule has 1 aliphatic rings. The highest BCUT2D eigenvalue weighted by molar-refractivity contribution is 5.97. The Morgan fingerprint density at radius 1 is 1.45 bits per heavy atom. The minimum atomic E-state index is -0.471. The predicted molar refractivity (Wildman–Crippen MR) is 74.7 cm³/mol. The lowest BCUT2D eigenvalue weighted by atomic mass is 9.99. The van der Waals surface area contributed by atoms with E-state index >= 15 is 0 Å². The average Bonchev–Trinajstić information content (AvgIpc) is 2.83. The second-order valence-electron chi connectivity index (χ2n) is 5.37. The van der Waals surface area contributed by atoms with Crippen LogP contribution in [0.1, 0.15) is 48.5 Å². The minimum absolute atomic E-state index is 0.217. The van der Waals surface area contributed by atoms with Crippen molar-refractivity contribution in [2.45, 2.75) is 38.1 Å². The summed E-state index contributed by atoms with van der Waals surface area (Å²) in [4.78, 5) is 12.3. The fraction of sp³-hybridized carbons (Fsp3) is 0.438. The maximum atomic E-state index is 13.4. The molecule has 0 heterocycles. The number of aliphatic hydroxyl groups is 1. The van der Waals surface area contributed by atoms with Crippen molar-refractivity contribution >= 4 is 5.91 Å². The molecule has 0 unspecified atom stereocenters. The molecule has 1 aromatic carbocycles. The number of aliphatic hydroxyl groups excluding tert-OH is 1. The highest BCUT2D eigenvalue weighted by Gasteiger charge is 2.30. The van der Waals surface area contributed by atoms with Gasteiger partial charge in [0.15, 0.2) is 0 Å². The van der Waals surface area contributed by atoms with Crippen LogP contribution < -0.4 is 5.32 Å². The summed E-state index contributed by atoms with van der Waals surface area (Å²) in [5.74, 6) is 4.39. The molecule has 1 amide bonds. The Morgan fingerprint density at radius 3 is 2.80 bits per heavy atom. The van der Waals surface area contributed by atoms with Crippen LogP contribution >= 0.6 is 0 Å². The number of benzene rings is 1. The number of hydrogen-bond donors (Lipinski definition) is 2. The van der Waals surface area contributed by atoms with Gasteiger partial charge in [0, 0.05) is 11.1 Å². The van der Waals surface area contributed by atoms with E-state index in [1.54, 1.807) is 0 Å². The number of nitrogens with one attached hydrogen (secondary N) is 1. The van der Waals surface area contributed by atoms with E-state index in [9.17, 15) is 9.18 Å². The van der Waals surface area contributed by atoms with Crippen molar-refractivity contribution in [1.29, 1.82) is 0 Å². The third-order valence-electron chi connectivity index (χ3n) is 3.65. The van der Waals surface area contributed by atoms with Crippen LogP contribution in [0.15, 0.2) is 18.2 Å². The molecule has 0 saturated heterocycles. The quantitative estimate of drug-likeness (QED) is 0.813. The number of halogens is 1. The van der Waals surface area contributed by atoms with Crippen LogP contribution in [0.2, 0.25) is 0 Å². The monoisotopic (exact) mass is 275 g/mol. The van der Waals surface area contributed by atoms with Crippen LogP contribution in [-0.2, 0) is 0 Å². The van der Waals surface area contributed by atoms with E-state index in [-0.39, 0.29) is 23.6 Å². The second kappa shape index (κ2) is 6.06. The molecule has 0 bridgehead atoms. The molecule has 20 heavy (non-hydrogen) atoms. The van der Waals surface area contributed by atoms with Gasteiger partial charge in [-0.2, -0.15) is 0 Å². The summed E-state index contributed by atoms with van der Waals surface area (Å²) in [6.07, 6.45) is 4.06. The lowest BCUT2D eigenvalue weighted by molar-refractivity contribution is 0.0907. The molecule has 1 saturated carbocycles. The van der Waals surface area contributed by atoms with Gasteiger partial charge in [-0.05, 0) is 38.0 Å². The highest BCUT2D eigenvalue weighted by Crippen LogP contribution is 2.29. The summed E-state index contributed by atoms with van der Waals surface area (Å²) in [6.45, 7) is 1.71. The standard InChI is InChI=1S/C16H18FNO2/c1-16(8-2-3-9-16)18-15(20)14-11-13(17)7-6-12(14)5-4-10-19/h6-7,11,19H,2-3,8-10H2,1H3,(H,18,20). The molecule has 0 spiro atoms. The van der Waals surface area contributed by atoms with E-state index in [1.807, 2.05) is 6.92 Å². The Balaban J connectivity index is 2.26. The Kier molecular flexibility index (Phi) is 4.41. The number of amides is 1. The molecule has 0 radical (unpaired) electrons.